The lowest BCUT2D eigenvalue weighted by atomic mass is 10.1. The van der Waals surface area contributed by atoms with E-state index in [1.165, 1.54) is 6.07 Å². The van der Waals surface area contributed by atoms with Crippen molar-refractivity contribution in [3.8, 4) is 0 Å². The molecule has 1 rings (SSSR count). The summed E-state index contributed by atoms with van der Waals surface area (Å²) >= 11 is 5.74. The first-order valence-corrected chi connectivity index (χ1v) is 4.21. The SMILES string of the molecule is NC(=O)c1cc(Cl)cc(CCO)c1. The number of benzene rings is 1. The van der Waals surface area contributed by atoms with E-state index in [2.05, 4.69) is 0 Å². The number of primary amides is 1. The largest absolute Gasteiger partial charge is 0.396 e. The first-order valence-electron chi connectivity index (χ1n) is 3.83. The van der Waals surface area contributed by atoms with Crippen molar-refractivity contribution in [2.45, 2.75) is 6.42 Å². The monoisotopic (exact) mass is 199 g/mol. The van der Waals surface area contributed by atoms with Gasteiger partial charge in [-0.05, 0) is 30.2 Å². The fourth-order valence-electron chi connectivity index (χ4n) is 1.07. The molecule has 0 bridgehead atoms. The van der Waals surface area contributed by atoms with E-state index < -0.39 is 5.91 Å². The fourth-order valence-corrected chi connectivity index (χ4v) is 1.32. The van der Waals surface area contributed by atoms with Gasteiger partial charge in [-0.25, -0.2) is 0 Å². The number of aliphatic hydroxyl groups is 1. The molecule has 1 amide bonds. The molecule has 0 unspecified atom stereocenters. The first kappa shape index (κ1) is 10.0. The fraction of sp³-hybridized carbons (Fsp3) is 0.222. The highest BCUT2D eigenvalue weighted by Gasteiger charge is 2.03. The zero-order chi connectivity index (χ0) is 9.84. The van der Waals surface area contributed by atoms with Crippen LogP contribution in [0.4, 0.5) is 0 Å². The van der Waals surface area contributed by atoms with Gasteiger partial charge in [0.25, 0.3) is 0 Å². The van der Waals surface area contributed by atoms with Crippen molar-refractivity contribution in [1.82, 2.24) is 0 Å². The van der Waals surface area contributed by atoms with E-state index in [0.29, 0.717) is 17.0 Å². The van der Waals surface area contributed by atoms with Gasteiger partial charge in [0.05, 0.1) is 0 Å². The van der Waals surface area contributed by atoms with Gasteiger partial charge in [-0.3, -0.25) is 4.79 Å². The van der Waals surface area contributed by atoms with E-state index in [9.17, 15) is 4.79 Å². The summed E-state index contributed by atoms with van der Waals surface area (Å²) in [5, 5.41) is 9.14. The third kappa shape index (κ3) is 2.72. The van der Waals surface area contributed by atoms with Gasteiger partial charge in [-0.15, -0.1) is 0 Å². The van der Waals surface area contributed by atoms with Crippen molar-refractivity contribution in [3.05, 3.63) is 34.3 Å². The molecule has 0 spiro atoms. The van der Waals surface area contributed by atoms with Gasteiger partial charge in [0.15, 0.2) is 0 Å². The van der Waals surface area contributed by atoms with E-state index >= 15 is 0 Å². The van der Waals surface area contributed by atoms with Crippen LogP contribution in [-0.4, -0.2) is 17.6 Å². The van der Waals surface area contributed by atoms with Crippen molar-refractivity contribution in [3.63, 3.8) is 0 Å². The topological polar surface area (TPSA) is 63.3 Å². The van der Waals surface area contributed by atoms with Crippen LogP contribution in [0, 0.1) is 0 Å². The Hall–Kier alpha value is -1.06. The smallest absolute Gasteiger partial charge is 0.248 e. The summed E-state index contributed by atoms with van der Waals surface area (Å²) in [5.41, 5.74) is 6.27. The summed E-state index contributed by atoms with van der Waals surface area (Å²) in [6.07, 6.45) is 0.473. The van der Waals surface area contributed by atoms with Gasteiger partial charge >= 0.3 is 0 Å². The maximum atomic E-state index is 10.8. The number of carbonyl (C=O) groups excluding carboxylic acids is 1. The van der Waals surface area contributed by atoms with E-state index in [1.807, 2.05) is 0 Å². The summed E-state index contributed by atoms with van der Waals surface area (Å²) in [6, 6.07) is 4.83. The average Bonchev–Trinajstić information content (AvgIpc) is 2.03. The second-order valence-corrected chi connectivity index (χ2v) is 3.12. The maximum absolute atomic E-state index is 10.8. The summed E-state index contributed by atoms with van der Waals surface area (Å²) < 4.78 is 0. The Morgan fingerprint density at radius 2 is 2.15 bits per heavy atom. The molecule has 3 N–H and O–H groups in total. The van der Waals surface area contributed by atoms with Crippen LogP contribution < -0.4 is 5.73 Å². The van der Waals surface area contributed by atoms with Crippen LogP contribution in [0.1, 0.15) is 15.9 Å². The van der Waals surface area contributed by atoms with E-state index in [1.54, 1.807) is 12.1 Å². The predicted octanol–water partition coefficient (Wildman–Crippen LogP) is 0.974. The Morgan fingerprint density at radius 1 is 1.46 bits per heavy atom. The zero-order valence-electron chi connectivity index (χ0n) is 6.96. The van der Waals surface area contributed by atoms with Gasteiger partial charge in [-0.2, -0.15) is 0 Å². The summed E-state index contributed by atoms with van der Waals surface area (Å²) in [5.74, 6) is -0.512. The van der Waals surface area contributed by atoms with Crippen molar-refractivity contribution in [2.24, 2.45) is 5.73 Å². The number of carbonyl (C=O) groups is 1. The minimum atomic E-state index is -0.512. The van der Waals surface area contributed by atoms with Crippen molar-refractivity contribution in [1.29, 1.82) is 0 Å². The molecule has 0 aliphatic carbocycles. The molecule has 0 heterocycles. The van der Waals surface area contributed by atoms with Crippen LogP contribution in [0.15, 0.2) is 18.2 Å². The van der Waals surface area contributed by atoms with Crippen molar-refractivity contribution in [2.75, 3.05) is 6.61 Å². The maximum Gasteiger partial charge on any atom is 0.248 e. The quantitative estimate of drug-likeness (QED) is 0.762. The average molecular weight is 200 g/mol. The summed E-state index contributed by atoms with van der Waals surface area (Å²) in [6.45, 7) is 0.0263. The molecular formula is C9H10ClNO2. The molecule has 0 aliphatic heterocycles. The van der Waals surface area contributed by atoms with Crippen LogP contribution >= 0.6 is 11.6 Å². The number of hydrogen-bond donors (Lipinski definition) is 2. The normalized spacial score (nSPS) is 10.0. The van der Waals surface area contributed by atoms with Crippen molar-refractivity contribution < 1.29 is 9.90 Å². The molecule has 0 aliphatic rings. The Bertz CT molecular complexity index is 325. The summed E-state index contributed by atoms with van der Waals surface area (Å²) in [7, 11) is 0. The molecule has 70 valence electrons. The van der Waals surface area contributed by atoms with E-state index in [0.717, 1.165) is 5.56 Å². The van der Waals surface area contributed by atoms with Gasteiger partial charge in [0.1, 0.15) is 0 Å². The molecule has 0 aromatic heterocycles. The summed E-state index contributed by atoms with van der Waals surface area (Å²) in [4.78, 5) is 10.8. The van der Waals surface area contributed by atoms with Gasteiger partial charge < -0.3 is 10.8 Å². The number of aliphatic hydroxyl groups excluding tert-OH is 1. The molecule has 3 nitrogen and oxygen atoms in total. The third-order valence-corrected chi connectivity index (χ3v) is 1.86. The van der Waals surface area contributed by atoms with Gasteiger partial charge in [0.2, 0.25) is 5.91 Å². The lowest BCUT2D eigenvalue weighted by Crippen LogP contribution is -2.11. The van der Waals surface area contributed by atoms with Crippen LogP contribution in [0.5, 0.6) is 0 Å². The molecule has 0 saturated carbocycles. The second-order valence-electron chi connectivity index (χ2n) is 2.69. The Labute approximate surface area is 81.1 Å². The molecule has 1 aromatic rings. The number of hydrogen-bond acceptors (Lipinski definition) is 2. The minimum Gasteiger partial charge on any atom is -0.396 e. The highest BCUT2D eigenvalue weighted by atomic mass is 35.5. The number of rotatable bonds is 3. The Morgan fingerprint density at radius 3 is 2.69 bits per heavy atom. The standard InChI is InChI=1S/C9H10ClNO2/c10-8-4-6(1-2-12)3-7(5-8)9(11)13/h3-5,12H,1-2H2,(H2,11,13). The molecule has 1 aromatic carbocycles. The Balaban J connectivity index is 3.03. The van der Waals surface area contributed by atoms with Crippen molar-refractivity contribution >= 4 is 17.5 Å². The van der Waals surface area contributed by atoms with E-state index in [-0.39, 0.29) is 6.61 Å². The molecule has 4 heteroatoms. The van der Waals surface area contributed by atoms with Crippen LogP contribution in [-0.2, 0) is 6.42 Å². The first-order chi connectivity index (χ1) is 6.13. The third-order valence-electron chi connectivity index (χ3n) is 1.64. The molecule has 0 radical (unpaired) electrons. The lowest BCUT2D eigenvalue weighted by Gasteiger charge is -2.02. The molecular weight excluding hydrogens is 190 g/mol. The number of amides is 1. The predicted molar refractivity (Wildman–Crippen MR) is 50.8 cm³/mol. The zero-order valence-corrected chi connectivity index (χ0v) is 7.71. The molecule has 0 saturated heterocycles. The lowest BCUT2D eigenvalue weighted by molar-refractivity contribution is 0.1000. The highest BCUT2D eigenvalue weighted by Crippen LogP contribution is 2.15. The molecule has 13 heavy (non-hydrogen) atoms. The van der Waals surface area contributed by atoms with Gasteiger partial charge in [0, 0.05) is 17.2 Å². The molecule has 0 atom stereocenters. The van der Waals surface area contributed by atoms with Gasteiger partial charge in [-0.1, -0.05) is 11.6 Å². The second kappa shape index (κ2) is 4.25. The Kier molecular flexibility index (Phi) is 3.28. The van der Waals surface area contributed by atoms with E-state index in [4.69, 9.17) is 22.4 Å². The molecule has 0 fully saturated rings. The minimum absolute atomic E-state index is 0.0263. The van der Waals surface area contributed by atoms with Crippen LogP contribution in [0.2, 0.25) is 5.02 Å². The van der Waals surface area contributed by atoms with Crippen LogP contribution in [0.25, 0.3) is 0 Å². The highest BCUT2D eigenvalue weighted by molar-refractivity contribution is 6.31. The number of nitrogens with two attached hydrogens (primary N) is 1. The number of halogens is 1. The van der Waals surface area contributed by atoms with Crippen LogP contribution in [0.3, 0.4) is 0 Å².